The Kier molecular flexibility index (Phi) is 10.5. The summed E-state index contributed by atoms with van der Waals surface area (Å²) in [5.74, 6) is 0. The average molecular weight is 268 g/mol. The largest absolute Gasteiger partial charge is 0.300 e. The van der Waals surface area contributed by atoms with E-state index in [1.54, 1.807) is 0 Å². The molecule has 19 heavy (non-hydrogen) atoms. The minimum atomic E-state index is 0.928. The molecule has 1 heteroatoms. The maximum Gasteiger partial charge on any atom is 0.00952 e. The van der Waals surface area contributed by atoms with Crippen LogP contribution in [0.5, 0.6) is 0 Å². The van der Waals surface area contributed by atoms with Gasteiger partial charge in [0.25, 0.3) is 0 Å². The van der Waals surface area contributed by atoms with Crippen LogP contribution in [-0.4, -0.2) is 24.0 Å². The van der Waals surface area contributed by atoms with Crippen molar-refractivity contribution >= 4 is 0 Å². The number of rotatable bonds is 11. The summed E-state index contributed by atoms with van der Waals surface area (Å²) in [5, 5.41) is 0. The average Bonchev–Trinajstić information content (AvgIpc) is 2.46. The fourth-order valence-electron chi connectivity index (χ4n) is 3.41. The van der Waals surface area contributed by atoms with Gasteiger partial charge >= 0.3 is 0 Å². The molecule has 0 aromatic carbocycles. The predicted molar refractivity (Wildman–Crippen MR) is 86.7 cm³/mol. The standard InChI is InChI=1S/C18H37N/c1-3-5-7-12-16-19(17-13-8-6-4-2)18-14-10-9-11-15-18/h18H,3-17H2,1-2H3. The highest BCUT2D eigenvalue weighted by atomic mass is 15.1. The van der Waals surface area contributed by atoms with Crippen LogP contribution in [0, 0.1) is 0 Å². The van der Waals surface area contributed by atoms with E-state index in [2.05, 4.69) is 18.7 Å². The fourth-order valence-corrected chi connectivity index (χ4v) is 3.41. The Labute approximate surface area is 122 Å². The lowest BCUT2D eigenvalue weighted by molar-refractivity contribution is 0.150. The minimum Gasteiger partial charge on any atom is -0.300 e. The molecule has 0 aliphatic heterocycles. The molecule has 1 aliphatic rings. The number of unbranched alkanes of at least 4 members (excludes halogenated alkanes) is 6. The van der Waals surface area contributed by atoms with Crippen molar-refractivity contribution in [3.63, 3.8) is 0 Å². The first-order valence-corrected chi connectivity index (χ1v) is 9.12. The molecule has 0 unspecified atom stereocenters. The Morgan fingerprint density at radius 2 is 1.21 bits per heavy atom. The summed E-state index contributed by atoms with van der Waals surface area (Å²) in [5.41, 5.74) is 0. The third kappa shape index (κ3) is 7.97. The van der Waals surface area contributed by atoms with Gasteiger partial charge in [-0.15, -0.1) is 0 Å². The van der Waals surface area contributed by atoms with Crippen molar-refractivity contribution < 1.29 is 0 Å². The molecule has 1 aliphatic carbocycles. The molecule has 0 atom stereocenters. The highest BCUT2D eigenvalue weighted by Crippen LogP contribution is 2.23. The van der Waals surface area contributed by atoms with Gasteiger partial charge in [-0.2, -0.15) is 0 Å². The van der Waals surface area contributed by atoms with Gasteiger partial charge in [-0.3, -0.25) is 0 Å². The second-order valence-corrected chi connectivity index (χ2v) is 6.45. The molecule has 1 saturated carbocycles. The summed E-state index contributed by atoms with van der Waals surface area (Å²) in [4.78, 5) is 2.85. The first-order valence-electron chi connectivity index (χ1n) is 9.12. The summed E-state index contributed by atoms with van der Waals surface area (Å²) in [6, 6.07) is 0.928. The van der Waals surface area contributed by atoms with Crippen LogP contribution in [0.25, 0.3) is 0 Å². The van der Waals surface area contributed by atoms with Crippen LogP contribution >= 0.6 is 0 Å². The molecule has 0 amide bonds. The van der Waals surface area contributed by atoms with E-state index in [0.29, 0.717) is 0 Å². The molecular formula is C18H37N. The van der Waals surface area contributed by atoms with Crippen LogP contribution in [0.3, 0.4) is 0 Å². The Bertz CT molecular complexity index is 172. The van der Waals surface area contributed by atoms with Gasteiger partial charge < -0.3 is 4.90 Å². The minimum absolute atomic E-state index is 0.928. The normalized spacial score (nSPS) is 17.2. The van der Waals surface area contributed by atoms with Crippen LogP contribution in [0.15, 0.2) is 0 Å². The van der Waals surface area contributed by atoms with Crippen molar-refractivity contribution in [1.29, 1.82) is 0 Å². The monoisotopic (exact) mass is 267 g/mol. The predicted octanol–water partition coefficient (Wildman–Crippen LogP) is 5.78. The maximum atomic E-state index is 2.85. The molecule has 0 bridgehead atoms. The summed E-state index contributed by atoms with van der Waals surface area (Å²) < 4.78 is 0. The van der Waals surface area contributed by atoms with Crippen molar-refractivity contribution in [2.45, 2.75) is 103 Å². The van der Waals surface area contributed by atoms with E-state index in [0.717, 1.165) is 6.04 Å². The molecular weight excluding hydrogens is 230 g/mol. The Balaban J connectivity index is 2.24. The van der Waals surface area contributed by atoms with E-state index < -0.39 is 0 Å². The van der Waals surface area contributed by atoms with Gasteiger partial charge in [0, 0.05) is 6.04 Å². The molecule has 1 rings (SSSR count). The van der Waals surface area contributed by atoms with E-state index >= 15 is 0 Å². The van der Waals surface area contributed by atoms with Crippen molar-refractivity contribution in [3.05, 3.63) is 0 Å². The zero-order chi connectivity index (χ0) is 13.8. The molecule has 114 valence electrons. The topological polar surface area (TPSA) is 3.24 Å². The van der Waals surface area contributed by atoms with Crippen LogP contribution < -0.4 is 0 Å². The van der Waals surface area contributed by atoms with E-state index in [9.17, 15) is 0 Å². The molecule has 0 spiro atoms. The van der Waals surface area contributed by atoms with Gasteiger partial charge in [-0.1, -0.05) is 71.6 Å². The fraction of sp³-hybridized carbons (Fsp3) is 1.00. The van der Waals surface area contributed by atoms with Crippen molar-refractivity contribution in [2.24, 2.45) is 0 Å². The first-order chi connectivity index (χ1) is 9.38. The maximum absolute atomic E-state index is 2.85. The molecule has 0 heterocycles. The molecule has 0 saturated heterocycles. The van der Waals surface area contributed by atoms with Gasteiger partial charge in [-0.25, -0.2) is 0 Å². The third-order valence-electron chi connectivity index (χ3n) is 4.69. The molecule has 0 radical (unpaired) electrons. The van der Waals surface area contributed by atoms with E-state index in [4.69, 9.17) is 0 Å². The summed E-state index contributed by atoms with van der Waals surface area (Å²) >= 11 is 0. The first kappa shape index (κ1) is 17.0. The molecule has 0 N–H and O–H groups in total. The Morgan fingerprint density at radius 3 is 1.68 bits per heavy atom. The number of hydrogen-bond donors (Lipinski definition) is 0. The summed E-state index contributed by atoms with van der Waals surface area (Å²) in [6.45, 7) is 7.36. The number of hydrogen-bond acceptors (Lipinski definition) is 1. The molecule has 1 fully saturated rings. The van der Waals surface area contributed by atoms with Crippen molar-refractivity contribution in [2.75, 3.05) is 13.1 Å². The highest BCUT2D eigenvalue weighted by Gasteiger charge is 2.20. The second kappa shape index (κ2) is 11.8. The lowest BCUT2D eigenvalue weighted by Gasteiger charge is -2.34. The van der Waals surface area contributed by atoms with Crippen LogP contribution in [0.1, 0.15) is 97.3 Å². The zero-order valence-electron chi connectivity index (χ0n) is 13.6. The molecule has 0 aromatic heterocycles. The summed E-state index contributed by atoms with van der Waals surface area (Å²) in [7, 11) is 0. The lowest BCUT2D eigenvalue weighted by Crippen LogP contribution is -2.38. The van der Waals surface area contributed by atoms with Gasteiger partial charge in [0.1, 0.15) is 0 Å². The zero-order valence-corrected chi connectivity index (χ0v) is 13.6. The van der Waals surface area contributed by atoms with Crippen molar-refractivity contribution in [1.82, 2.24) is 4.90 Å². The summed E-state index contributed by atoms with van der Waals surface area (Å²) in [6.07, 6.45) is 18.7. The number of nitrogens with zero attached hydrogens (tertiary/aromatic N) is 1. The highest BCUT2D eigenvalue weighted by molar-refractivity contribution is 4.76. The SMILES string of the molecule is CCCCCCN(CCCCCC)C1CCCCC1. The quantitative estimate of drug-likeness (QED) is 0.429. The third-order valence-corrected chi connectivity index (χ3v) is 4.69. The van der Waals surface area contributed by atoms with Gasteiger partial charge in [-0.05, 0) is 38.8 Å². The van der Waals surface area contributed by atoms with E-state index in [1.807, 2.05) is 0 Å². The van der Waals surface area contributed by atoms with Gasteiger partial charge in [0.2, 0.25) is 0 Å². The molecule has 0 aromatic rings. The lowest BCUT2D eigenvalue weighted by atomic mass is 9.93. The van der Waals surface area contributed by atoms with Crippen LogP contribution in [-0.2, 0) is 0 Å². The second-order valence-electron chi connectivity index (χ2n) is 6.45. The van der Waals surface area contributed by atoms with Gasteiger partial charge in [0.05, 0.1) is 0 Å². The van der Waals surface area contributed by atoms with E-state index in [1.165, 1.54) is 96.6 Å². The van der Waals surface area contributed by atoms with E-state index in [-0.39, 0.29) is 0 Å². The Morgan fingerprint density at radius 1 is 0.684 bits per heavy atom. The molecule has 1 nitrogen and oxygen atoms in total. The van der Waals surface area contributed by atoms with Crippen LogP contribution in [0.4, 0.5) is 0 Å². The smallest absolute Gasteiger partial charge is 0.00952 e. The van der Waals surface area contributed by atoms with Crippen LogP contribution in [0.2, 0.25) is 0 Å². The Hall–Kier alpha value is -0.0400. The van der Waals surface area contributed by atoms with Gasteiger partial charge in [0.15, 0.2) is 0 Å². The van der Waals surface area contributed by atoms with Crippen molar-refractivity contribution in [3.8, 4) is 0 Å².